The third kappa shape index (κ3) is 4.58. The van der Waals surface area contributed by atoms with E-state index in [0.29, 0.717) is 19.0 Å². The van der Waals surface area contributed by atoms with E-state index in [9.17, 15) is 4.79 Å². The van der Waals surface area contributed by atoms with Gasteiger partial charge in [0.2, 0.25) is 5.91 Å². The van der Waals surface area contributed by atoms with Gasteiger partial charge in [0.05, 0.1) is 11.4 Å². The van der Waals surface area contributed by atoms with Crippen LogP contribution in [0.3, 0.4) is 0 Å². The van der Waals surface area contributed by atoms with Crippen LogP contribution in [-0.4, -0.2) is 34.2 Å². The minimum absolute atomic E-state index is 0. The Hall–Kier alpha value is -2.63. The number of amides is 1. The first-order valence-corrected chi connectivity index (χ1v) is 10.3. The number of benzene rings is 2. The molecule has 0 radical (unpaired) electrons. The highest BCUT2D eigenvalue weighted by Gasteiger charge is 2.34. The second-order valence-corrected chi connectivity index (χ2v) is 7.88. The van der Waals surface area contributed by atoms with Crippen molar-refractivity contribution in [3.8, 4) is 16.9 Å². The van der Waals surface area contributed by atoms with Crippen molar-refractivity contribution >= 4 is 18.3 Å². The summed E-state index contributed by atoms with van der Waals surface area (Å²) in [6, 6.07) is 20.2. The van der Waals surface area contributed by atoms with Crippen molar-refractivity contribution in [2.24, 2.45) is 17.6 Å². The Morgan fingerprint density at radius 2 is 1.77 bits per heavy atom. The Labute approximate surface area is 184 Å². The summed E-state index contributed by atoms with van der Waals surface area (Å²) >= 11 is 0. The van der Waals surface area contributed by atoms with Crippen LogP contribution in [0.2, 0.25) is 0 Å². The molecule has 0 bridgehead atoms. The number of aromatic nitrogens is 2. The minimum atomic E-state index is 0. The van der Waals surface area contributed by atoms with E-state index in [1.165, 1.54) is 0 Å². The third-order valence-electron chi connectivity index (χ3n) is 5.92. The summed E-state index contributed by atoms with van der Waals surface area (Å²) < 4.78 is 1.90. The molecule has 5 nitrogen and oxygen atoms in total. The van der Waals surface area contributed by atoms with Gasteiger partial charge < -0.3 is 10.6 Å². The highest BCUT2D eigenvalue weighted by Crippen LogP contribution is 2.33. The molecule has 0 saturated heterocycles. The van der Waals surface area contributed by atoms with E-state index >= 15 is 0 Å². The Kier molecular flexibility index (Phi) is 7.29. The quantitative estimate of drug-likeness (QED) is 0.641. The molecule has 1 aromatic heterocycles. The first kappa shape index (κ1) is 22.1. The van der Waals surface area contributed by atoms with Gasteiger partial charge in [0.15, 0.2) is 0 Å². The van der Waals surface area contributed by atoms with Gasteiger partial charge in [-0.25, -0.2) is 4.68 Å². The Bertz CT molecular complexity index is 958. The molecule has 1 saturated carbocycles. The lowest BCUT2D eigenvalue weighted by molar-refractivity contribution is -0.135. The lowest BCUT2D eigenvalue weighted by atomic mass is 9.94. The first-order chi connectivity index (χ1) is 14.2. The van der Waals surface area contributed by atoms with Gasteiger partial charge in [0.25, 0.3) is 0 Å². The van der Waals surface area contributed by atoms with Crippen molar-refractivity contribution in [1.29, 1.82) is 0 Å². The van der Waals surface area contributed by atoms with E-state index in [1.54, 1.807) is 0 Å². The summed E-state index contributed by atoms with van der Waals surface area (Å²) in [6.45, 7) is 1.12. The van der Waals surface area contributed by atoms with Crippen molar-refractivity contribution in [2.45, 2.75) is 25.8 Å². The normalized spacial score (nSPS) is 18.1. The van der Waals surface area contributed by atoms with E-state index in [2.05, 4.69) is 12.1 Å². The second kappa shape index (κ2) is 9.92. The number of halogens is 1. The fourth-order valence-electron chi connectivity index (χ4n) is 4.34. The van der Waals surface area contributed by atoms with Gasteiger partial charge >= 0.3 is 0 Å². The Morgan fingerprint density at radius 1 is 1.10 bits per heavy atom. The fraction of sp³-hybridized carbons (Fsp3) is 0.333. The maximum atomic E-state index is 13.1. The predicted molar refractivity (Wildman–Crippen MR) is 123 cm³/mol. The molecular weight excluding hydrogens is 396 g/mol. The zero-order valence-corrected chi connectivity index (χ0v) is 18.1. The average molecular weight is 425 g/mol. The van der Waals surface area contributed by atoms with E-state index in [-0.39, 0.29) is 24.2 Å². The van der Waals surface area contributed by atoms with Crippen LogP contribution in [0.1, 0.15) is 24.8 Å². The largest absolute Gasteiger partial charge is 0.341 e. The number of hydrogen-bond donors (Lipinski definition) is 1. The molecule has 0 unspecified atom stereocenters. The van der Waals surface area contributed by atoms with Crippen molar-refractivity contribution in [2.75, 3.05) is 13.6 Å². The van der Waals surface area contributed by atoms with Gasteiger partial charge in [-0.1, -0.05) is 55.0 Å². The fourth-order valence-corrected chi connectivity index (χ4v) is 4.34. The monoisotopic (exact) mass is 424 g/mol. The zero-order valence-electron chi connectivity index (χ0n) is 17.3. The van der Waals surface area contributed by atoms with Crippen LogP contribution in [0.4, 0.5) is 0 Å². The molecule has 1 heterocycles. The molecule has 2 aromatic carbocycles. The van der Waals surface area contributed by atoms with E-state index in [0.717, 1.165) is 41.8 Å². The molecule has 0 spiro atoms. The number of nitrogens with zero attached hydrogens (tertiary/aromatic N) is 3. The molecule has 1 amide bonds. The van der Waals surface area contributed by atoms with Gasteiger partial charge in [0, 0.05) is 36.8 Å². The molecule has 4 rings (SSSR count). The maximum Gasteiger partial charge on any atom is 0.226 e. The van der Waals surface area contributed by atoms with Crippen LogP contribution in [-0.2, 0) is 11.3 Å². The number of carbonyl (C=O) groups excluding carboxylic acids is 1. The highest BCUT2D eigenvalue weighted by atomic mass is 35.5. The van der Waals surface area contributed by atoms with Crippen LogP contribution in [0, 0.1) is 11.8 Å². The molecule has 158 valence electrons. The van der Waals surface area contributed by atoms with E-state index in [1.807, 2.05) is 71.4 Å². The lowest BCUT2D eigenvalue weighted by Crippen LogP contribution is -2.36. The lowest BCUT2D eigenvalue weighted by Gasteiger charge is -2.24. The molecule has 1 fully saturated rings. The Balaban J connectivity index is 0.00000256. The van der Waals surface area contributed by atoms with Crippen molar-refractivity contribution in [3.63, 3.8) is 0 Å². The van der Waals surface area contributed by atoms with Gasteiger partial charge in [0.1, 0.15) is 0 Å². The summed E-state index contributed by atoms with van der Waals surface area (Å²) in [4.78, 5) is 14.9. The standard InChI is InChI=1S/C24H28N4O.ClH/c1-27(24(29)22-14-8-11-19(22)15-25)16-20-17-28(21-12-6-3-7-13-21)26-23(20)18-9-4-2-5-10-18;/h2-7,9-10,12-13,17,19,22H,8,11,14-16,25H2,1H3;1H/t19-,22-;/m1./s1. The van der Waals surface area contributed by atoms with Crippen LogP contribution >= 0.6 is 12.4 Å². The molecule has 0 aliphatic heterocycles. The average Bonchev–Trinajstić information content (AvgIpc) is 3.41. The molecule has 1 aliphatic carbocycles. The second-order valence-electron chi connectivity index (χ2n) is 7.88. The van der Waals surface area contributed by atoms with Crippen LogP contribution < -0.4 is 5.73 Å². The van der Waals surface area contributed by atoms with Crippen molar-refractivity contribution < 1.29 is 4.79 Å². The third-order valence-corrected chi connectivity index (χ3v) is 5.92. The molecule has 3 aromatic rings. The van der Waals surface area contributed by atoms with Crippen LogP contribution in [0.5, 0.6) is 0 Å². The first-order valence-electron chi connectivity index (χ1n) is 10.3. The molecule has 1 aliphatic rings. The van der Waals surface area contributed by atoms with Crippen molar-refractivity contribution in [3.05, 3.63) is 72.4 Å². The predicted octanol–water partition coefficient (Wildman–Crippen LogP) is 4.29. The van der Waals surface area contributed by atoms with E-state index < -0.39 is 0 Å². The number of nitrogens with two attached hydrogens (primary N) is 1. The molecule has 6 heteroatoms. The zero-order chi connectivity index (χ0) is 20.2. The summed E-state index contributed by atoms with van der Waals surface area (Å²) in [6.07, 6.45) is 5.13. The van der Waals surface area contributed by atoms with Crippen LogP contribution in [0.15, 0.2) is 66.9 Å². The molecule has 2 atom stereocenters. The van der Waals surface area contributed by atoms with Gasteiger partial charge in [-0.05, 0) is 37.4 Å². The Morgan fingerprint density at radius 3 is 2.43 bits per heavy atom. The topological polar surface area (TPSA) is 64.2 Å². The number of para-hydroxylation sites is 1. The molecular formula is C24H29ClN4O. The summed E-state index contributed by atoms with van der Waals surface area (Å²) in [5, 5.41) is 4.85. The maximum absolute atomic E-state index is 13.1. The number of carbonyl (C=O) groups is 1. The van der Waals surface area contributed by atoms with Gasteiger partial charge in [-0.3, -0.25) is 4.79 Å². The summed E-state index contributed by atoms with van der Waals surface area (Å²) in [5.41, 5.74) is 9.91. The number of rotatable bonds is 6. The molecule has 2 N–H and O–H groups in total. The van der Waals surface area contributed by atoms with Gasteiger partial charge in [-0.15, -0.1) is 12.4 Å². The molecule has 30 heavy (non-hydrogen) atoms. The smallest absolute Gasteiger partial charge is 0.226 e. The SMILES string of the molecule is CN(Cc1cn(-c2ccccc2)nc1-c1ccccc1)C(=O)[C@@H]1CCC[C@@H]1CN.Cl. The van der Waals surface area contributed by atoms with Gasteiger partial charge in [-0.2, -0.15) is 5.10 Å². The highest BCUT2D eigenvalue weighted by molar-refractivity contribution is 5.85. The minimum Gasteiger partial charge on any atom is -0.341 e. The number of hydrogen-bond acceptors (Lipinski definition) is 3. The summed E-state index contributed by atoms with van der Waals surface area (Å²) in [5.74, 6) is 0.560. The van der Waals surface area contributed by atoms with E-state index in [4.69, 9.17) is 10.8 Å². The van der Waals surface area contributed by atoms with Crippen LogP contribution in [0.25, 0.3) is 16.9 Å². The van der Waals surface area contributed by atoms with Crippen molar-refractivity contribution in [1.82, 2.24) is 14.7 Å². The summed E-state index contributed by atoms with van der Waals surface area (Å²) in [7, 11) is 1.89.